The summed E-state index contributed by atoms with van der Waals surface area (Å²) in [6, 6.07) is 1.43. The molecule has 0 saturated heterocycles. The van der Waals surface area contributed by atoms with Crippen molar-refractivity contribution in [2.75, 3.05) is 20.8 Å². The zero-order chi connectivity index (χ0) is 15.8. The standard InChI is InChI=1S/C15H25N3O3/c1-10(2)8-18-15(19)11(3)17-9-12-14(21-5)13(20-4)6-7-16-12/h6-7,10-11,17H,8-9H2,1-5H3,(H,18,19). The van der Waals surface area contributed by atoms with Gasteiger partial charge in [0.05, 0.1) is 26.0 Å². The lowest BCUT2D eigenvalue weighted by Crippen LogP contribution is -2.43. The van der Waals surface area contributed by atoms with Crippen molar-refractivity contribution in [1.82, 2.24) is 15.6 Å². The Bertz CT molecular complexity index is 463. The number of carbonyl (C=O) groups excluding carboxylic acids is 1. The third kappa shape index (κ3) is 5.23. The molecule has 6 heteroatoms. The van der Waals surface area contributed by atoms with Crippen molar-refractivity contribution < 1.29 is 14.3 Å². The van der Waals surface area contributed by atoms with Gasteiger partial charge in [0.15, 0.2) is 11.5 Å². The molecule has 1 rings (SSSR count). The van der Waals surface area contributed by atoms with Gasteiger partial charge in [0, 0.05) is 25.4 Å². The lowest BCUT2D eigenvalue weighted by atomic mass is 10.2. The molecule has 0 fully saturated rings. The fourth-order valence-electron chi connectivity index (χ4n) is 1.78. The quantitative estimate of drug-likeness (QED) is 0.757. The van der Waals surface area contributed by atoms with E-state index >= 15 is 0 Å². The molecular formula is C15H25N3O3. The number of ether oxygens (including phenoxy) is 2. The maximum Gasteiger partial charge on any atom is 0.236 e. The molecule has 0 saturated carbocycles. The van der Waals surface area contributed by atoms with Crippen molar-refractivity contribution in [3.05, 3.63) is 18.0 Å². The van der Waals surface area contributed by atoms with Gasteiger partial charge in [0.25, 0.3) is 0 Å². The topological polar surface area (TPSA) is 72.5 Å². The van der Waals surface area contributed by atoms with Crippen LogP contribution in [0.25, 0.3) is 0 Å². The number of hydrogen-bond acceptors (Lipinski definition) is 5. The van der Waals surface area contributed by atoms with Crippen molar-refractivity contribution in [3.63, 3.8) is 0 Å². The van der Waals surface area contributed by atoms with E-state index in [0.29, 0.717) is 36.2 Å². The Labute approximate surface area is 126 Å². The first-order chi connectivity index (χ1) is 9.99. The average Bonchev–Trinajstić information content (AvgIpc) is 2.49. The first-order valence-corrected chi connectivity index (χ1v) is 7.06. The zero-order valence-corrected chi connectivity index (χ0v) is 13.4. The predicted molar refractivity (Wildman–Crippen MR) is 81.5 cm³/mol. The summed E-state index contributed by atoms with van der Waals surface area (Å²) in [5.41, 5.74) is 0.709. The molecule has 0 spiro atoms. The molecule has 1 aromatic rings. The Morgan fingerprint density at radius 2 is 2.00 bits per heavy atom. The molecule has 0 aliphatic carbocycles. The van der Waals surface area contributed by atoms with Crippen molar-refractivity contribution >= 4 is 5.91 Å². The van der Waals surface area contributed by atoms with Crippen molar-refractivity contribution in [2.24, 2.45) is 5.92 Å². The van der Waals surface area contributed by atoms with Gasteiger partial charge in [0.1, 0.15) is 0 Å². The third-order valence-corrected chi connectivity index (χ3v) is 3.02. The lowest BCUT2D eigenvalue weighted by molar-refractivity contribution is -0.122. The molecule has 0 bridgehead atoms. The number of nitrogens with one attached hydrogen (secondary N) is 2. The van der Waals surface area contributed by atoms with Gasteiger partial charge < -0.3 is 20.1 Å². The molecule has 0 aliphatic heterocycles. The van der Waals surface area contributed by atoms with Crippen LogP contribution >= 0.6 is 0 Å². The highest BCUT2D eigenvalue weighted by Crippen LogP contribution is 2.28. The molecule has 1 unspecified atom stereocenters. The average molecular weight is 295 g/mol. The predicted octanol–water partition coefficient (Wildman–Crippen LogP) is 1.35. The van der Waals surface area contributed by atoms with E-state index in [1.165, 1.54) is 0 Å². The Morgan fingerprint density at radius 1 is 1.29 bits per heavy atom. The molecule has 1 aromatic heterocycles. The molecule has 2 N–H and O–H groups in total. The summed E-state index contributed by atoms with van der Waals surface area (Å²) >= 11 is 0. The smallest absolute Gasteiger partial charge is 0.236 e. The van der Waals surface area contributed by atoms with Gasteiger partial charge in [-0.3, -0.25) is 9.78 Å². The van der Waals surface area contributed by atoms with Crippen LogP contribution in [-0.2, 0) is 11.3 Å². The fraction of sp³-hybridized carbons (Fsp3) is 0.600. The molecular weight excluding hydrogens is 270 g/mol. The first-order valence-electron chi connectivity index (χ1n) is 7.06. The van der Waals surface area contributed by atoms with Crippen molar-refractivity contribution in [1.29, 1.82) is 0 Å². The van der Waals surface area contributed by atoms with Gasteiger partial charge in [-0.15, -0.1) is 0 Å². The molecule has 1 heterocycles. The van der Waals surface area contributed by atoms with E-state index in [4.69, 9.17) is 9.47 Å². The second-order valence-corrected chi connectivity index (χ2v) is 5.23. The molecule has 6 nitrogen and oxygen atoms in total. The number of nitrogens with zero attached hydrogens (tertiary/aromatic N) is 1. The van der Waals surface area contributed by atoms with Gasteiger partial charge in [-0.2, -0.15) is 0 Å². The largest absolute Gasteiger partial charge is 0.493 e. The maximum absolute atomic E-state index is 11.9. The Kier molecular flexibility index (Phi) is 6.94. The second kappa shape index (κ2) is 8.46. The first kappa shape index (κ1) is 17.2. The van der Waals surface area contributed by atoms with Crippen LogP contribution in [0.2, 0.25) is 0 Å². The van der Waals surface area contributed by atoms with E-state index in [9.17, 15) is 4.79 Å². The number of rotatable bonds is 8. The molecule has 1 amide bonds. The van der Waals surface area contributed by atoms with Gasteiger partial charge in [-0.25, -0.2) is 0 Å². The molecule has 118 valence electrons. The number of aromatic nitrogens is 1. The van der Waals surface area contributed by atoms with Crippen molar-refractivity contribution in [3.8, 4) is 11.5 Å². The minimum absolute atomic E-state index is 0.0226. The fourth-order valence-corrected chi connectivity index (χ4v) is 1.78. The van der Waals surface area contributed by atoms with E-state index in [-0.39, 0.29) is 11.9 Å². The second-order valence-electron chi connectivity index (χ2n) is 5.23. The number of amides is 1. The zero-order valence-electron chi connectivity index (χ0n) is 13.4. The lowest BCUT2D eigenvalue weighted by Gasteiger charge is -2.16. The van der Waals surface area contributed by atoms with Crippen LogP contribution in [0.15, 0.2) is 12.3 Å². The van der Waals surface area contributed by atoms with Crippen LogP contribution in [0, 0.1) is 5.92 Å². The Balaban J connectivity index is 2.60. The highest BCUT2D eigenvalue weighted by atomic mass is 16.5. The van der Waals surface area contributed by atoms with Crippen LogP contribution in [0.5, 0.6) is 11.5 Å². The summed E-state index contributed by atoms with van der Waals surface area (Å²) in [6.07, 6.45) is 1.65. The monoisotopic (exact) mass is 295 g/mol. The van der Waals surface area contributed by atoms with E-state index in [1.54, 1.807) is 26.5 Å². The van der Waals surface area contributed by atoms with E-state index in [1.807, 2.05) is 6.92 Å². The summed E-state index contributed by atoms with van der Waals surface area (Å²) in [5.74, 6) is 1.62. The molecule has 0 aromatic carbocycles. The number of carbonyl (C=O) groups is 1. The number of pyridine rings is 1. The summed E-state index contributed by atoms with van der Waals surface area (Å²) in [6.45, 7) is 7.04. The van der Waals surface area contributed by atoms with E-state index < -0.39 is 0 Å². The normalized spacial score (nSPS) is 12.1. The molecule has 0 radical (unpaired) electrons. The SMILES string of the molecule is COc1ccnc(CNC(C)C(=O)NCC(C)C)c1OC. The van der Waals surface area contributed by atoms with E-state index in [2.05, 4.69) is 29.5 Å². The number of hydrogen-bond donors (Lipinski definition) is 2. The summed E-state index contributed by atoms with van der Waals surface area (Å²) in [7, 11) is 3.15. The van der Waals surface area contributed by atoms with Crippen LogP contribution in [-0.4, -0.2) is 37.7 Å². The molecule has 0 aliphatic rings. The van der Waals surface area contributed by atoms with Crippen LogP contribution < -0.4 is 20.1 Å². The summed E-state index contributed by atoms with van der Waals surface area (Å²) in [4.78, 5) is 16.2. The van der Waals surface area contributed by atoms with Gasteiger partial charge in [0.2, 0.25) is 5.91 Å². The summed E-state index contributed by atoms with van der Waals surface area (Å²) in [5, 5.41) is 6.03. The van der Waals surface area contributed by atoms with Gasteiger partial charge in [-0.05, 0) is 12.8 Å². The minimum Gasteiger partial charge on any atom is -0.493 e. The molecule has 21 heavy (non-hydrogen) atoms. The van der Waals surface area contributed by atoms with Gasteiger partial charge in [-0.1, -0.05) is 13.8 Å². The van der Waals surface area contributed by atoms with Crippen LogP contribution in [0.3, 0.4) is 0 Å². The minimum atomic E-state index is -0.304. The maximum atomic E-state index is 11.9. The summed E-state index contributed by atoms with van der Waals surface area (Å²) < 4.78 is 10.5. The van der Waals surface area contributed by atoms with Crippen LogP contribution in [0.1, 0.15) is 26.5 Å². The third-order valence-electron chi connectivity index (χ3n) is 3.02. The van der Waals surface area contributed by atoms with Gasteiger partial charge >= 0.3 is 0 Å². The highest BCUT2D eigenvalue weighted by Gasteiger charge is 2.15. The van der Waals surface area contributed by atoms with Crippen LogP contribution in [0.4, 0.5) is 0 Å². The molecule has 1 atom stereocenters. The Hall–Kier alpha value is -1.82. The Morgan fingerprint density at radius 3 is 2.57 bits per heavy atom. The number of methoxy groups -OCH3 is 2. The van der Waals surface area contributed by atoms with Crippen molar-refractivity contribution in [2.45, 2.75) is 33.4 Å². The van der Waals surface area contributed by atoms with E-state index in [0.717, 1.165) is 0 Å². The highest BCUT2D eigenvalue weighted by molar-refractivity contribution is 5.81.